The van der Waals surface area contributed by atoms with Gasteiger partial charge in [-0.2, -0.15) is 0 Å². The van der Waals surface area contributed by atoms with Crippen molar-refractivity contribution in [1.82, 2.24) is 24.0 Å². The molecular formula is C27H33FN6O3. The van der Waals surface area contributed by atoms with Gasteiger partial charge >= 0.3 is 5.69 Å². The SMILES string of the molecule is CC(C)(O)Cn1cc(-c2ccnc(NC3CCC(N4CCCC4=O)CC3)n2)n(-c2ccc(F)cc2)c1=O. The van der Waals surface area contributed by atoms with Crippen molar-refractivity contribution in [2.24, 2.45) is 0 Å². The van der Waals surface area contributed by atoms with Crippen molar-refractivity contribution >= 4 is 11.9 Å². The number of likely N-dealkylation sites (tertiary alicyclic amines) is 1. The Bertz CT molecular complexity index is 1320. The molecule has 2 aromatic heterocycles. The molecule has 2 aliphatic rings. The van der Waals surface area contributed by atoms with Gasteiger partial charge in [-0.05, 0) is 76.3 Å². The van der Waals surface area contributed by atoms with Crippen LogP contribution >= 0.6 is 0 Å². The number of nitrogens with one attached hydrogen (secondary N) is 1. The molecule has 1 aliphatic heterocycles. The largest absolute Gasteiger partial charge is 0.389 e. The first-order chi connectivity index (χ1) is 17.7. The maximum absolute atomic E-state index is 13.6. The number of aliphatic hydroxyl groups is 1. The molecule has 0 atom stereocenters. The minimum atomic E-state index is -1.10. The molecule has 1 amide bonds. The summed E-state index contributed by atoms with van der Waals surface area (Å²) in [6.45, 7) is 4.23. The van der Waals surface area contributed by atoms with Crippen LogP contribution in [0.25, 0.3) is 17.1 Å². The van der Waals surface area contributed by atoms with E-state index in [0.29, 0.717) is 35.5 Å². The maximum Gasteiger partial charge on any atom is 0.333 e. The van der Waals surface area contributed by atoms with Gasteiger partial charge in [0, 0.05) is 37.4 Å². The third-order valence-electron chi connectivity index (χ3n) is 7.10. The van der Waals surface area contributed by atoms with Crippen molar-refractivity contribution in [3.8, 4) is 17.1 Å². The number of imidazole rings is 1. The number of amides is 1. The van der Waals surface area contributed by atoms with Gasteiger partial charge in [0.2, 0.25) is 11.9 Å². The molecule has 9 nitrogen and oxygen atoms in total. The fourth-order valence-corrected chi connectivity index (χ4v) is 5.38. The minimum Gasteiger partial charge on any atom is -0.389 e. The summed E-state index contributed by atoms with van der Waals surface area (Å²) in [5.41, 5.74) is 0.0882. The van der Waals surface area contributed by atoms with Crippen molar-refractivity contribution in [2.45, 2.75) is 76.6 Å². The summed E-state index contributed by atoms with van der Waals surface area (Å²) in [7, 11) is 0. The van der Waals surface area contributed by atoms with E-state index in [9.17, 15) is 19.1 Å². The Balaban J connectivity index is 1.39. The van der Waals surface area contributed by atoms with Crippen molar-refractivity contribution in [3.63, 3.8) is 0 Å². The Morgan fingerprint density at radius 2 is 1.84 bits per heavy atom. The van der Waals surface area contributed by atoms with E-state index >= 15 is 0 Å². The van der Waals surface area contributed by atoms with Crippen molar-refractivity contribution in [1.29, 1.82) is 0 Å². The highest BCUT2D eigenvalue weighted by molar-refractivity contribution is 5.78. The van der Waals surface area contributed by atoms with Gasteiger partial charge in [-0.25, -0.2) is 19.2 Å². The topological polar surface area (TPSA) is 105 Å². The highest BCUT2D eigenvalue weighted by Gasteiger charge is 2.31. The zero-order chi connectivity index (χ0) is 26.2. The Morgan fingerprint density at radius 1 is 1.11 bits per heavy atom. The standard InChI is InChI=1S/C27H33FN6O3/c1-27(2,37)17-32-16-23(34(26(32)36)21-9-5-18(28)6-10-21)22-13-14-29-25(31-22)30-19-7-11-20(12-8-19)33-15-3-4-24(33)35/h5-6,9-10,13-14,16,19-20,37H,3-4,7-8,11-12,15,17H2,1-2H3,(H,29,30,31). The molecule has 5 rings (SSSR count). The van der Waals surface area contributed by atoms with Gasteiger partial charge in [-0.15, -0.1) is 0 Å². The van der Waals surface area contributed by atoms with E-state index in [-0.39, 0.29) is 24.2 Å². The molecule has 2 N–H and O–H groups in total. The second-order valence-electron chi connectivity index (χ2n) is 10.7. The molecule has 37 heavy (non-hydrogen) atoms. The van der Waals surface area contributed by atoms with Gasteiger partial charge < -0.3 is 15.3 Å². The zero-order valence-corrected chi connectivity index (χ0v) is 21.2. The Kier molecular flexibility index (Phi) is 6.85. The van der Waals surface area contributed by atoms with E-state index in [1.54, 1.807) is 44.4 Å². The van der Waals surface area contributed by atoms with Gasteiger partial charge in [0.25, 0.3) is 0 Å². The van der Waals surface area contributed by atoms with E-state index in [1.165, 1.54) is 21.3 Å². The molecule has 3 aromatic rings. The average molecular weight is 509 g/mol. The molecule has 1 saturated heterocycles. The number of carbonyl (C=O) groups excluding carboxylic acids is 1. The zero-order valence-electron chi connectivity index (χ0n) is 21.2. The van der Waals surface area contributed by atoms with Gasteiger partial charge in [-0.3, -0.25) is 13.9 Å². The lowest BCUT2D eigenvalue weighted by Gasteiger charge is -2.34. The van der Waals surface area contributed by atoms with Crippen LogP contribution < -0.4 is 11.0 Å². The predicted octanol–water partition coefficient (Wildman–Crippen LogP) is 3.35. The lowest BCUT2D eigenvalue weighted by molar-refractivity contribution is -0.130. The molecule has 0 bridgehead atoms. The van der Waals surface area contributed by atoms with E-state index < -0.39 is 11.4 Å². The van der Waals surface area contributed by atoms with Crippen LogP contribution in [-0.2, 0) is 11.3 Å². The average Bonchev–Trinajstić information content (AvgIpc) is 3.42. The highest BCUT2D eigenvalue weighted by Crippen LogP contribution is 2.28. The van der Waals surface area contributed by atoms with E-state index in [4.69, 9.17) is 4.98 Å². The van der Waals surface area contributed by atoms with Gasteiger partial charge in [0.1, 0.15) is 5.82 Å². The van der Waals surface area contributed by atoms with Gasteiger partial charge in [-0.1, -0.05) is 0 Å². The van der Waals surface area contributed by atoms with Crippen LogP contribution in [0.1, 0.15) is 52.4 Å². The molecule has 0 radical (unpaired) electrons. The smallest absolute Gasteiger partial charge is 0.333 e. The summed E-state index contributed by atoms with van der Waals surface area (Å²) in [4.78, 5) is 36.6. The highest BCUT2D eigenvalue weighted by atomic mass is 19.1. The molecule has 1 saturated carbocycles. The summed E-state index contributed by atoms with van der Waals surface area (Å²) >= 11 is 0. The van der Waals surface area contributed by atoms with Crippen molar-refractivity contribution < 1.29 is 14.3 Å². The summed E-state index contributed by atoms with van der Waals surface area (Å²) in [6.07, 6.45) is 8.67. The molecule has 3 heterocycles. The molecule has 1 aliphatic carbocycles. The number of hydrogen-bond donors (Lipinski definition) is 2. The lowest BCUT2D eigenvalue weighted by atomic mass is 9.90. The molecule has 0 unspecified atom stereocenters. The van der Waals surface area contributed by atoms with Crippen LogP contribution in [0.2, 0.25) is 0 Å². The summed E-state index contributed by atoms with van der Waals surface area (Å²) in [5, 5.41) is 13.8. The molecule has 0 spiro atoms. The van der Waals surface area contributed by atoms with Crippen molar-refractivity contribution in [3.05, 3.63) is 59.0 Å². The molecule has 2 fully saturated rings. The van der Waals surface area contributed by atoms with Gasteiger partial charge in [0.05, 0.1) is 29.2 Å². The number of carbonyl (C=O) groups is 1. The molecule has 10 heteroatoms. The normalized spacial score (nSPS) is 20.4. The van der Waals surface area contributed by atoms with Crippen molar-refractivity contribution in [2.75, 3.05) is 11.9 Å². The number of anilines is 1. The number of aromatic nitrogens is 4. The third kappa shape index (κ3) is 5.58. The maximum atomic E-state index is 13.6. The predicted molar refractivity (Wildman–Crippen MR) is 138 cm³/mol. The molecular weight excluding hydrogens is 475 g/mol. The fraction of sp³-hybridized carbons (Fsp3) is 0.481. The Labute approximate surface area is 215 Å². The Morgan fingerprint density at radius 3 is 2.49 bits per heavy atom. The quantitative estimate of drug-likeness (QED) is 0.507. The van der Waals surface area contributed by atoms with Crippen LogP contribution in [0.15, 0.2) is 47.5 Å². The van der Waals surface area contributed by atoms with Crippen LogP contribution in [0, 0.1) is 5.82 Å². The first-order valence-corrected chi connectivity index (χ1v) is 12.9. The van der Waals surface area contributed by atoms with Crippen LogP contribution in [0.4, 0.5) is 10.3 Å². The van der Waals surface area contributed by atoms with Gasteiger partial charge in [0.15, 0.2) is 0 Å². The molecule has 1 aromatic carbocycles. The lowest BCUT2D eigenvalue weighted by Crippen LogP contribution is -2.41. The van der Waals surface area contributed by atoms with E-state index in [2.05, 4.69) is 10.3 Å². The third-order valence-corrected chi connectivity index (χ3v) is 7.10. The summed E-state index contributed by atoms with van der Waals surface area (Å²) < 4.78 is 16.5. The molecule has 196 valence electrons. The number of benzene rings is 1. The second kappa shape index (κ2) is 10.1. The number of nitrogens with zero attached hydrogens (tertiary/aromatic N) is 5. The number of rotatable bonds is 7. The summed E-state index contributed by atoms with van der Waals surface area (Å²) in [5.74, 6) is 0.342. The van der Waals surface area contributed by atoms with Crippen LogP contribution in [-0.4, -0.2) is 59.2 Å². The minimum absolute atomic E-state index is 0.0893. The van der Waals surface area contributed by atoms with Crippen LogP contribution in [0.3, 0.4) is 0 Å². The number of halogens is 1. The monoisotopic (exact) mass is 508 g/mol. The Hall–Kier alpha value is -3.53. The van der Waals surface area contributed by atoms with Crippen LogP contribution in [0.5, 0.6) is 0 Å². The first-order valence-electron chi connectivity index (χ1n) is 12.9. The summed E-state index contributed by atoms with van der Waals surface area (Å²) in [6, 6.07) is 7.93. The van der Waals surface area contributed by atoms with E-state index in [0.717, 1.165) is 38.6 Å². The fourth-order valence-electron chi connectivity index (χ4n) is 5.38. The number of hydrogen-bond acceptors (Lipinski definition) is 6. The second-order valence-corrected chi connectivity index (χ2v) is 10.7. The first kappa shape index (κ1) is 25.1. The van der Waals surface area contributed by atoms with E-state index in [1.807, 2.05) is 4.90 Å².